The number of piperidine rings is 1. The van der Waals surface area contributed by atoms with Gasteiger partial charge in [0.05, 0.1) is 11.1 Å². The van der Waals surface area contributed by atoms with Crippen molar-refractivity contribution in [3.05, 3.63) is 54.3 Å². The lowest BCUT2D eigenvalue weighted by atomic mass is 10.1. The van der Waals surface area contributed by atoms with Crippen LogP contribution in [-0.2, 0) is 0 Å². The highest BCUT2D eigenvalue weighted by molar-refractivity contribution is 5.93. The standard InChI is InChI=1S/C20H18FN5/c21-16-10-4-2-8-14(16)18-23-24-19-15-9-3-5-11-17(15)22-20(26(18)19)25-12-6-1-7-13-25/h2-5,8-11H,1,6-7,12-13H2. The van der Waals surface area contributed by atoms with Gasteiger partial charge >= 0.3 is 0 Å². The summed E-state index contributed by atoms with van der Waals surface area (Å²) in [6.45, 7) is 1.88. The molecule has 0 aliphatic carbocycles. The fourth-order valence-electron chi connectivity index (χ4n) is 3.69. The molecule has 0 N–H and O–H groups in total. The Hall–Kier alpha value is -3.02. The van der Waals surface area contributed by atoms with E-state index in [0.717, 1.165) is 48.4 Å². The summed E-state index contributed by atoms with van der Waals surface area (Å²) in [6.07, 6.45) is 3.50. The lowest BCUT2D eigenvalue weighted by molar-refractivity contribution is 0.567. The van der Waals surface area contributed by atoms with E-state index in [2.05, 4.69) is 15.1 Å². The molecule has 1 fully saturated rings. The maximum Gasteiger partial charge on any atom is 0.213 e. The lowest BCUT2D eigenvalue weighted by Crippen LogP contribution is -2.32. The van der Waals surface area contributed by atoms with E-state index in [4.69, 9.17) is 4.98 Å². The van der Waals surface area contributed by atoms with E-state index in [1.54, 1.807) is 12.1 Å². The second-order valence-corrected chi connectivity index (χ2v) is 6.64. The molecule has 1 aliphatic rings. The number of hydrogen-bond donors (Lipinski definition) is 0. The molecule has 0 amide bonds. The van der Waals surface area contributed by atoms with E-state index < -0.39 is 0 Å². The molecular weight excluding hydrogens is 329 g/mol. The number of aromatic nitrogens is 4. The van der Waals surface area contributed by atoms with Crippen LogP contribution in [0.5, 0.6) is 0 Å². The molecule has 130 valence electrons. The summed E-state index contributed by atoms with van der Waals surface area (Å²) in [7, 11) is 0. The Morgan fingerprint density at radius 2 is 1.62 bits per heavy atom. The van der Waals surface area contributed by atoms with Crippen LogP contribution in [0.3, 0.4) is 0 Å². The van der Waals surface area contributed by atoms with Crippen molar-refractivity contribution < 1.29 is 4.39 Å². The third-order valence-corrected chi connectivity index (χ3v) is 4.98. The molecule has 1 aliphatic heterocycles. The van der Waals surface area contributed by atoms with Gasteiger partial charge in [-0.3, -0.25) is 0 Å². The van der Waals surface area contributed by atoms with Crippen LogP contribution < -0.4 is 4.90 Å². The fourth-order valence-corrected chi connectivity index (χ4v) is 3.69. The normalized spacial score (nSPS) is 15.0. The number of rotatable bonds is 2. The zero-order valence-corrected chi connectivity index (χ0v) is 14.3. The summed E-state index contributed by atoms with van der Waals surface area (Å²) in [5.41, 5.74) is 2.04. The van der Waals surface area contributed by atoms with Crippen molar-refractivity contribution in [2.45, 2.75) is 19.3 Å². The number of anilines is 1. The Morgan fingerprint density at radius 3 is 2.46 bits per heavy atom. The SMILES string of the molecule is Fc1ccccc1-c1nnc2c3ccccc3nc(N3CCCCC3)n12. The van der Waals surface area contributed by atoms with Gasteiger partial charge in [-0.05, 0) is 43.5 Å². The predicted octanol–water partition coefficient (Wildman–Crippen LogP) is 4.07. The Labute approximate surface area is 150 Å². The molecule has 5 nitrogen and oxygen atoms in total. The molecule has 5 rings (SSSR count). The second-order valence-electron chi connectivity index (χ2n) is 6.64. The highest BCUT2D eigenvalue weighted by atomic mass is 19.1. The molecule has 0 saturated carbocycles. The number of hydrogen-bond acceptors (Lipinski definition) is 4. The minimum absolute atomic E-state index is 0.306. The summed E-state index contributed by atoms with van der Waals surface area (Å²) in [4.78, 5) is 7.16. The van der Waals surface area contributed by atoms with E-state index in [1.807, 2.05) is 34.7 Å². The van der Waals surface area contributed by atoms with Gasteiger partial charge in [-0.15, -0.1) is 10.2 Å². The molecule has 3 heterocycles. The first-order chi connectivity index (χ1) is 12.8. The fraction of sp³-hybridized carbons (Fsp3) is 0.250. The average Bonchev–Trinajstić information content (AvgIpc) is 3.14. The van der Waals surface area contributed by atoms with Crippen molar-refractivity contribution in [1.29, 1.82) is 0 Å². The van der Waals surface area contributed by atoms with Crippen LogP contribution in [0.2, 0.25) is 0 Å². The van der Waals surface area contributed by atoms with Gasteiger partial charge in [0.1, 0.15) is 5.82 Å². The van der Waals surface area contributed by atoms with Crippen LogP contribution in [0.15, 0.2) is 48.5 Å². The number of halogens is 1. The number of para-hydroxylation sites is 1. The number of fused-ring (bicyclic) bond motifs is 3. The Bertz CT molecular complexity index is 1100. The van der Waals surface area contributed by atoms with Gasteiger partial charge in [-0.25, -0.2) is 13.8 Å². The zero-order chi connectivity index (χ0) is 17.5. The van der Waals surface area contributed by atoms with Crippen molar-refractivity contribution in [2.24, 2.45) is 0 Å². The Balaban J connectivity index is 1.85. The molecule has 1 saturated heterocycles. The minimum Gasteiger partial charge on any atom is -0.342 e. The largest absolute Gasteiger partial charge is 0.342 e. The molecule has 0 radical (unpaired) electrons. The molecule has 0 spiro atoms. The number of nitrogens with zero attached hydrogens (tertiary/aromatic N) is 5. The highest BCUT2D eigenvalue weighted by Gasteiger charge is 2.22. The quantitative estimate of drug-likeness (QED) is 0.548. The summed E-state index contributed by atoms with van der Waals surface area (Å²) in [5, 5.41) is 9.66. The van der Waals surface area contributed by atoms with Gasteiger partial charge in [-0.2, -0.15) is 0 Å². The summed E-state index contributed by atoms with van der Waals surface area (Å²) in [5.74, 6) is 0.984. The van der Waals surface area contributed by atoms with Crippen molar-refractivity contribution in [3.8, 4) is 11.4 Å². The highest BCUT2D eigenvalue weighted by Crippen LogP contribution is 2.30. The second kappa shape index (κ2) is 6.05. The molecule has 6 heteroatoms. The summed E-state index contributed by atoms with van der Waals surface area (Å²) >= 11 is 0. The predicted molar refractivity (Wildman–Crippen MR) is 99.7 cm³/mol. The van der Waals surface area contributed by atoms with Crippen molar-refractivity contribution in [3.63, 3.8) is 0 Å². The third-order valence-electron chi connectivity index (χ3n) is 4.98. The van der Waals surface area contributed by atoms with Gasteiger partial charge in [0.15, 0.2) is 11.5 Å². The van der Waals surface area contributed by atoms with Crippen LogP contribution in [-0.4, -0.2) is 32.7 Å². The maximum absolute atomic E-state index is 14.5. The zero-order valence-electron chi connectivity index (χ0n) is 14.3. The molecule has 2 aromatic heterocycles. The Kier molecular flexibility index (Phi) is 3.55. The van der Waals surface area contributed by atoms with Gasteiger partial charge < -0.3 is 4.90 Å². The van der Waals surface area contributed by atoms with E-state index in [9.17, 15) is 4.39 Å². The number of benzene rings is 2. The third kappa shape index (κ3) is 2.33. The Morgan fingerprint density at radius 1 is 0.846 bits per heavy atom. The minimum atomic E-state index is -0.306. The summed E-state index contributed by atoms with van der Waals surface area (Å²) in [6, 6.07) is 14.6. The lowest BCUT2D eigenvalue weighted by Gasteiger charge is -2.28. The molecule has 0 bridgehead atoms. The van der Waals surface area contributed by atoms with E-state index in [1.165, 1.54) is 12.5 Å². The van der Waals surface area contributed by atoms with Crippen LogP contribution in [0.1, 0.15) is 19.3 Å². The van der Waals surface area contributed by atoms with Crippen LogP contribution >= 0.6 is 0 Å². The molecule has 2 aromatic carbocycles. The van der Waals surface area contributed by atoms with Gasteiger partial charge in [0, 0.05) is 18.5 Å². The smallest absolute Gasteiger partial charge is 0.213 e. The van der Waals surface area contributed by atoms with E-state index in [0.29, 0.717) is 11.4 Å². The topological polar surface area (TPSA) is 46.3 Å². The molecular formula is C20H18FN5. The van der Waals surface area contributed by atoms with Gasteiger partial charge in [0.25, 0.3) is 0 Å². The van der Waals surface area contributed by atoms with Crippen molar-refractivity contribution in [1.82, 2.24) is 19.6 Å². The average molecular weight is 347 g/mol. The molecule has 4 aromatic rings. The molecule has 0 unspecified atom stereocenters. The monoisotopic (exact) mass is 347 g/mol. The molecule has 0 atom stereocenters. The first-order valence-electron chi connectivity index (χ1n) is 8.96. The van der Waals surface area contributed by atoms with Crippen molar-refractivity contribution in [2.75, 3.05) is 18.0 Å². The van der Waals surface area contributed by atoms with Crippen molar-refractivity contribution >= 4 is 22.5 Å². The maximum atomic E-state index is 14.5. The first-order valence-corrected chi connectivity index (χ1v) is 8.96. The van der Waals surface area contributed by atoms with E-state index >= 15 is 0 Å². The van der Waals surface area contributed by atoms with Crippen LogP contribution in [0, 0.1) is 5.82 Å². The van der Waals surface area contributed by atoms with Gasteiger partial charge in [-0.1, -0.05) is 24.3 Å². The van der Waals surface area contributed by atoms with Gasteiger partial charge in [0.2, 0.25) is 5.95 Å². The van der Waals surface area contributed by atoms with Crippen LogP contribution in [0.4, 0.5) is 10.3 Å². The first kappa shape index (κ1) is 15.3. The van der Waals surface area contributed by atoms with Crippen LogP contribution in [0.25, 0.3) is 27.9 Å². The van der Waals surface area contributed by atoms with E-state index in [-0.39, 0.29) is 5.82 Å². The summed E-state index contributed by atoms with van der Waals surface area (Å²) < 4.78 is 16.4. The molecule has 26 heavy (non-hydrogen) atoms.